The molecule has 1 heterocycles. The monoisotopic (exact) mass is 299 g/mol. The van der Waals surface area contributed by atoms with Gasteiger partial charge >= 0.3 is 18.0 Å². The first-order valence-corrected chi connectivity index (χ1v) is 6.89. The first-order chi connectivity index (χ1) is 9.85. The molecule has 0 aliphatic carbocycles. The smallest absolute Gasteiger partial charge is 0.414 e. The van der Waals surface area contributed by atoms with E-state index >= 15 is 0 Å². The van der Waals surface area contributed by atoms with Gasteiger partial charge in [0.2, 0.25) is 0 Å². The maximum Gasteiger partial charge on any atom is 0.414 e. The molecule has 118 valence electrons. The Morgan fingerprint density at radius 3 is 2.57 bits per heavy atom. The number of rotatable bonds is 4. The van der Waals surface area contributed by atoms with Crippen LogP contribution >= 0.6 is 0 Å². The van der Waals surface area contributed by atoms with Gasteiger partial charge in [0.05, 0.1) is 12.7 Å². The molecule has 0 N–H and O–H groups in total. The molecule has 0 spiro atoms. The second kappa shape index (κ2) is 7.66. The quantitative estimate of drug-likeness (QED) is 0.583. The molecule has 0 aromatic carbocycles. The summed E-state index contributed by atoms with van der Waals surface area (Å²) in [4.78, 5) is 36.1. The summed E-state index contributed by atoms with van der Waals surface area (Å²) in [6.07, 6.45) is 1.01. The van der Waals surface area contributed by atoms with Crippen molar-refractivity contribution in [1.82, 2.24) is 4.90 Å². The van der Waals surface area contributed by atoms with Crippen LogP contribution in [0.25, 0.3) is 0 Å². The number of nitrogens with zero attached hydrogens (tertiary/aromatic N) is 1. The van der Waals surface area contributed by atoms with E-state index in [4.69, 9.17) is 14.2 Å². The first-order valence-electron chi connectivity index (χ1n) is 6.89. The second-order valence-electron chi connectivity index (χ2n) is 4.84. The van der Waals surface area contributed by atoms with Gasteiger partial charge in [-0.3, -0.25) is 9.69 Å². The van der Waals surface area contributed by atoms with Crippen LogP contribution in [0.5, 0.6) is 0 Å². The molecule has 0 saturated carbocycles. The Morgan fingerprint density at radius 1 is 1.38 bits per heavy atom. The largest absolute Gasteiger partial charge is 0.464 e. The highest BCUT2D eigenvalue weighted by Gasteiger charge is 2.35. The second-order valence-corrected chi connectivity index (χ2v) is 4.84. The van der Waals surface area contributed by atoms with Gasteiger partial charge in [0.15, 0.2) is 0 Å². The SMILES string of the molecule is CCOC(=O)[C@@H]1CCC(OC(C)=O)=CN1C(=O)OC(C)C. The number of ether oxygens (including phenoxy) is 3. The van der Waals surface area contributed by atoms with Gasteiger partial charge in [-0.25, -0.2) is 9.59 Å². The molecule has 0 aromatic heterocycles. The molecule has 1 atom stereocenters. The summed E-state index contributed by atoms with van der Waals surface area (Å²) in [7, 11) is 0. The predicted octanol–water partition coefficient (Wildman–Crippen LogP) is 1.96. The summed E-state index contributed by atoms with van der Waals surface area (Å²) in [6, 6.07) is -0.768. The van der Waals surface area contributed by atoms with Crippen molar-refractivity contribution in [2.75, 3.05) is 6.61 Å². The topological polar surface area (TPSA) is 82.1 Å². The number of hydrogen-bond acceptors (Lipinski definition) is 6. The zero-order valence-electron chi connectivity index (χ0n) is 12.8. The number of carbonyl (C=O) groups excluding carboxylic acids is 3. The van der Waals surface area contributed by atoms with Gasteiger partial charge in [-0.1, -0.05) is 0 Å². The summed E-state index contributed by atoms with van der Waals surface area (Å²) in [5.41, 5.74) is 0. The van der Waals surface area contributed by atoms with E-state index in [0.717, 1.165) is 4.90 Å². The number of amides is 1. The van der Waals surface area contributed by atoms with Crippen molar-refractivity contribution in [1.29, 1.82) is 0 Å². The van der Waals surface area contributed by atoms with Crippen LogP contribution in [0.4, 0.5) is 4.79 Å². The molecule has 7 heteroatoms. The van der Waals surface area contributed by atoms with Crippen molar-refractivity contribution in [3.05, 3.63) is 12.0 Å². The van der Waals surface area contributed by atoms with E-state index in [2.05, 4.69) is 0 Å². The van der Waals surface area contributed by atoms with Gasteiger partial charge in [0, 0.05) is 19.5 Å². The van der Waals surface area contributed by atoms with Crippen LogP contribution in [-0.2, 0) is 23.8 Å². The maximum atomic E-state index is 12.1. The lowest BCUT2D eigenvalue weighted by atomic mass is 10.1. The number of carbonyl (C=O) groups is 3. The number of allylic oxidation sites excluding steroid dienone is 1. The van der Waals surface area contributed by atoms with E-state index in [1.165, 1.54) is 13.1 Å². The molecule has 0 saturated heterocycles. The van der Waals surface area contributed by atoms with Crippen LogP contribution in [0.2, 0.25) is 0 Å². The van der Waals surface area contributed by atoms with Crippen LogP contribution in [0.15, 0.2) is 12.0 Å². The van der Waals surface area contributed by atoms with Crippen LogP contribution in [0.3, 0.4) is 0 Å². The molecule has 0 fully saturated rings. The van der Waals surface area contributed by atoms with Crippen molar-refractivity contribution < 1.29 is 28.6 Å². The molecular weight excluding hydrogens is 278 g/mol. The normalized spacial score (nSPS) is 18.0. The summed E-state index contributed by atoms with van der Waals surface area (Å²) in [6.45, 7) is 6.60. The average molecular weight is 299 g/mol. The Morgan fingerprint density at radius 2 is 2.05 bits per heavy atom. The minimum absolute atomic E-state index is 0.225. The summed E-state index contributed by atoms with van der Waals surface area (Å²) >= 11 is 0. The molecule has 1 amide bonds. The van der Waals surface area contributed by atoms with E-state index in [9.17, 15) is 14.4 Å². The van der Waals surface area contributed by atoms with Gasteiger partial charge in [0.1, 0.15) is 11.8 Å². The fourth-order valence-electron chi connectivity index (χ4n) is 1.90. The molecule has 1 aliphatic heterocycles. The molecule has 0 radical (unpaired) electrons. The third-order valence-corrected chi connectivity index (χ3v) is 2.66. The Hall–Kier alpha value is -2.05. The van der Waals surface area contributed by atoms with E-state index in [-0.39, 0.29) is 12.7 Å². The van der Waals surface area contributed by atoms with Crippen LogP contribution in [-0.4, -0.2) is 41.7 Å². The lowest BCUT2D eigenvalue weighted by molar-refractivity contribution is -0.149. The Kier molecular flexibility index (Phi) is 6.20. The molecule has 21 heavy (non-hydrogen) atoms. The van der Waals surface area contributed by atoms with E-state index in [0.29, 0.717) is 18.6 Å². The average Bonchev–Trinajstić information content (AvgIpc) is 2.37. The molecule has 0 aromatic rings. The summed E-state index contributed by atoms with van der Waals surface area (Å²) in [5.74, 6) is -0.659. The van der Waals surface area contributed by atoms with Gasteiger partial charge in [-0.15, -0.1) is 0 Å². The lowest BCUT2D eigenvalue weighted by Gasteiger charge is -2.31. The van der Waals surface area contributed by atoms with E-state index < -0.39 is 24.1 Å². The van der Waals surface area contributed by atoms with Crippen LogP contribution < -0.4 is 0 Å². The number of hydrogen-bond donors (Lipinski definition) is 0. The Labute approximate surface area is 123 Å². The van der Waals surface area contributed by atoms with Crippen molar-refractivity contribution in [3.8, 4) is 0 Å². The highest BCUT2D eigenvalue weighted by atomic mass is 16.6. The third kappa shape index (κ3) is 5.09. The molecule has 7 nitrogen and oxygen atoms in total. The lowest BCUT2D eigenvalue weighted by Crippen LogP contribution is -2.45. The van der Waals surface area contributed by atoms with Crippen LogP contribution in [0.1, 0.15) is 40.5 Å². The third-order valence-electron chi connectivity index (χ3n) is 2.66. The zero-order chi connectivity index (χ0) is 16.0. The molecule has 1 rings (SSSR count). The predicted molar refractivity (Wildman–Crippen MR) is 73.0 cm³/mol. The minimum Gasteiger partial charge on any atom is -0.464 e. The van der Waals surface area contributed by atoms with Crippen molar-refractivity contribution in [2.45, 2.75) is 52.7 Å². The molecule has 0 bridgehead atoms. The Bertz CT molecular complexity index is 443. The fraction of sp³-hybridized carbons (Fsp3) is 0.643. The standard InChI is InChI=1S/C14H21NO6/c1-5-19-13(17)12-7-6-11(21-10(4)16)8-15(12)14(18)20-9(2)3/h8-9,12H,5-7H2,1-4H3/t12-/m0/s1. The zero-order valence-corrected chi connectivity index (χ0v) is 12.8. The van der Waals surface area contributed by atoms with Crippen molar-refractivity contribution in [3.63, 3.8) is 0 Å². The number of esters is 2. The van der Waals surface area contributed by atoms with Gasteiger partial charge in [-0.2, -0.15) is 0 Å². The fourth-order valence-corrected chi connectivity index (χ4v) is 1.90. The molecule has 1 aliphatic rings. The van der Waals surface area contributed by atoms with Crippen molar-refractivity contribution >= 4 is 18.0 Å². The Balaban J connectivity index is 2.94. The maximum absolute atomic E-state index is 12.1. The van der Waals surface area contributed by atoms with Gasteiger partial charge in [-0.05, 0) is 27.2 Å². The first kappa shape index (κ1) is 17.0. The minimum atomic E-state index is -0.768. The van der Waals surface area contributed by atoms with Crippen LogP contribution in [0, 0.1) is 0 Å². The summed E-state index contributed by atoms with van der Waals surface area (Å²) in [5, 5.41) is 0. The van der Waals surface area contributed by atoms with Gasteiger partial charge < -0.3 is 14.2 Å². The molecule has 0 unspecified atom stereocenters. The van der Waals surface area contributed by atoms with Gasteiger partial charge in [0.25, 0.3) is 0 Å². The molecular formula is C14H21NO6. The highest BCUT2D eigenvalue weighted by molar-refractivity contribution is 5.82. The summed E-state index contributed by atoms with van der Waals surface area (Å²) < 4.78 is 15.0. The van der Waals surface area contributed by atoms with Crippen molar-refractivity contribution in [2.24, 2.45) is 0 Å². The highest BCUT2D eigenvalue weighted by Crippen LogP contribution is 2.24. The van der Waals surface area contributed by atoms with E-state index in [1.807, 2.05) is 0 Å². The van der Waals surface area contributed by atoms with E-state index in [1.54, 1.807) is 20.8 Å².